The molecule has 0 saturated carbocycles. The number of nitrogens with two attached hydrogens (primary N) is 1. The van der Waals surface area contributed by atoms with E-state index in [-0.39, 0.29) is 48.8 Å². The highest BCUT2D eigenvalue weighted by Crippen LogP contribution is 2.37. The van der Waals surface area contributed by atoms with Gasteiger partial charge in [0.05, 0.1) is 11.3 Å². The Bertz CT molecular complexity index is 2330. The molecule has 65 heavy (non-hydrogen) atoms. The maximum Gasteiger partial charge on any atom is 0.407 e. The number of ether oxygens (including phenoxy) is 5. The lowest BCUT2D eigenvalue weighted by Crippen LogP contribution is -2.33. The molecule has 0 aliphatic rings. The number of rotatable bonds is 21. The van der Waals surface area contributed by atoms with E-state index in [2.05, 4.69) is 32.7 Å². The minimum Gasteiger partial charge on any atom is -0.490 e. The number of alkyl carbamates (subject to hydrolysis) is 2. The van der Waals surface area contributed by atoms with E-state index in [0.717, 1.165) is 5.56 Å². The summed E-state index contributed by atoms with van der Waals surface area (Å²) in [5.74, 6) is -0.0993. The SMILES string of the molecule is CC(C)(C)OC(=O)NCCCCC(=O)OC[C@H](COc1ccc(-c2c(C#N)c(N)nc(SCc3coc(-c4ccc(Cl)cc4)n3)c2C#N)cc1)OC(=O)CCCCNC(=O)OC(C)(C)C. The minimum absolute atomic E-state index is 0.0275. The lowest BCUT2D eigenvalue weighted by atomic mass is 9.97. The number of benzene rings is 2. The molecule has 0 aliphatic carbocycles. The minimum atomic E-state index is -0.984. The summed E-state index contributed by atoms with van der Waals surface area (Å²) in [5, 5.41) is 26.6. The van der Waals surface area contributed by atoms with Gasteiger partial charge >= 0.3 is 24.1 Å². The number of nitriles is 2. The molecule has 0 aliphatic heterocycles. The third-order valence-corrected chi connectivity index (χ3v) is 9.94. The number of thioether (sulfide) groups is 1. The van der Waals surface area contributed by atoms with Crippen molar-refractivity contribution in [1.82, 2.24) is 20.6 Å². The van der Waals surface area contributed by atoms with Gasteiger partial charge in [-0.3, -0.25) is 9.59 Å². The zero-order chi connectivity index (χ0) is 47.6. The molecule has 0 saturated heterocycles. The lowest BCUT2D eigenvalue weighted by Gasteiger charge is -2.20. The molecule has 0 radical (unpaired) electrons. The molecule has 19 heteroatoms. The average molecular weight is 932 g/mol. The van der Waals surface area contributed by atoms with Crippen LogP contribution in [0.3, 0.4) is 0 Å². The van der Waals surface area contributed by atoms with Crippen LogP contribution in [0.25, 0.3) is 22.6 Å². The summed E-state index contributed by atoms with van der Waals surface area (Å²) in [5.41, 5.74) is 7.28. The fourth-order valence-electron chi connectivity index (χ4n) is 5.76. The lowest BCUT2D eigenvalue weighted by molar-refractivity contribution is -0.161. The second kappa shape index (κ2) is 24.5. The van der Waals surface area contributed by atoms with Crippen LogP contribution in [0.15, 0.2) is 64.2 Å². The number of unbranched alkanes of at least 4 members (excludes halogenated alkanes) is 2. The molecule has 4 aromatic rings. The van der Waals surface area contributed by atoms with Crippen LogP contribution in [-0.2, 0) is 34.3 Å². The summed E-state index contributed by atoms with van der Waals surface area (Å²) in [6, 6.07) is 17.8. The van der Waals surface area contributed by atoms with Crippen molar-refractivity contribution < 1.29 is 47.3 Å². The van der Waals surface area contributed by atoms with E-state index in [0.29, 0.717) is 77.3 Å². The second-order valence-electron chi connectivity index (χ2n) is 16.5. The monoisotopic (exact) mass is 931 g/mol. The highest BCUT2D eigenvalue weighted by atomic mass is 35.5. The number of anilines is 1. The predicted octanol–water partition coefficient (Wildman–Crippen LogP) is 8.90. The Balaban J connectivity index is 1.39. The van der Waals surface area contributed by atoms with Crippen LogP contribution < -0.4 is 21.1 Å². The van der Waals surface area contributed by atoms with E-state index in [1.54, 1.807) is 90.1 Å². The molecule has 0 unspecified atom stereocenters. The van der Waals surface area contributed by atoms with Gasteiger partial charge in [-0.2, -0.15) is 10.5 Å². The molecule has 4 rings (SSSR count). The molecule has 0 fully saturated rings. The van der Waals surface area contributed by atoms with E-state index in [9.17, 15) is 29.7 Å². The number of amides is 2. The summed E-state index contributed by atoms with van der Waals surface area (Å²) in [7, 11) is 0. The van der Waals surface area contributed by atoms with Crippen LogP contribution in [0.4, 0.5) is 15.4 Å². The van der Waals surface area contributed by atoms with Crippen LogP contribution in [-0.4, -0.2) is 77.7 Å². The number of carbonyl (C=O) groups is 4. The van der Waals surface area contributed by atoms with Crippen molar-refractivity contribution in [2.75, 3.05) is 32.0 Å². The van der Waals surface area contributed by atoms with Gasteiger partial charge in [-0.15, -0.1) is 0 Å². The molecular formula is C46H54ClN7O10S. The number of nitrogens with zero attached hydrogens (tertiary/aromatic N) is 4. The Hall–Kier alpha value is -6.50. The van der Waals surface area contributed by atoms with Gasteiger partial charge in [0.1, 0.15) is 65.0 Å². The topological polar surface area (TPSA) is 251 Å². The molecule has 2 heterocycles. The molecule has 2 aromatic carbocycles. The van der Waals surface area contributed by atoms with Gasteiger partial charge in [-0.05, 0) is 109 Å². The number of halogens is 1. The second-order valence-corrected chi connectivity index (χ2v) is 17.9. The van der Waals surface area contributed by atoms with Gasteiger partial charge < -0.3 is 44.5 Å². The van der Waals surface area contributed by atoms with Crippen molar-refractivity contribution >= 4 is 53.3 Å². The Morgan fingerprint density at radius 2 is 1.35 bits per heavy atom. The molecule has 0 bridgehead atoms. The van der Waals surface area contributed by atoms with E-state index < -0.39 is 41.4 Å². The first-order chi connectivity index (χ1) is 30.8. The summed E-state index contributed by atoms with van der Waals surface area (Å²) in [6.07, 6.45) is 1.33. The Morgan fingerprint density at radius 3 is 1.92 bits per heavy atom. The van der Waals surface area contributed by atoms with Crippen molar-refractivity contribution in [1.29, 1.82) is 10.5 Å². The number of hydrogen-bond acceptors (Lipinski definition) is 16. The Morgan fingerprint density at radius 1 is 0.785 bits per heavy atom. The Kier molecular flexibility index (Phi) is 19.3. The van der Waals surface area contributed by atoms with Crippen LogP contribution in [0.1, 0.15) is 96.9 Å². The van der Waals surface area contributed by atoms with Gasteiger partial charge in [-0.25, -0.2) is 19.6 Å². The highest BCUT2D eigenvalue weighted by molar-refractivity contribution is 7.98. The van der Waals surface area contributed by atoms with E-state index in [4.69, 9.17) is 45.4 Å². The van der Waals surface area contributed by atoms with Crippen LogP contribution in [0.2, 0.25) is 5.02 Å². The smallest absolute Gasteiger partial charge is 0.407 e. The fourth-order valence-corrected chi connectivity index (χ4v) is 6.75. The van der Waals surface area contributed by atoms with E-state index >= 15 is 0 Å². The zero-order valence-corrected chi connectivity index (χ0v) is 38.9. The third-order valence-electron chi connectivity index (χ3n) is 8.67. The zero-order valence-electron chi connectivity index (χ0n) is 37.3. The van der Waals surface area contributed by atoms with Crippen LogP contribution in [0.5, 0.6) is 5.75 Å². The first-order valence-electron chi connectivity index (χ1n) is 20.8. The number of esters is 2. The number of nitrogen functional groups attached to an aromatic ring is 1. The number of hydrogen-bond donors (Lipinski definition) is 3. The highest BCUT2D eigenvalue weighted by Gasteiger charge is 2.23. The van der Waals surface area contributed by atoms with Crippen molar-refractivity contribution in [3.63, 3.8) is 0 Å². The normalized spacial score (nSPS) is 11.6. The number of aromatic nitrogens is 2. The maximum absolute atomic E-state index is 12.9. The van der Waals surface area contributed by atoms with Gasteiger partial charge in [-0.1, -0.05) is 35.5 Å². The summed E-state index contributed by atoms with van der Waals surface area (Å²) >= 11 is 7.22. The molecule has 4 N–H and O–H groups in total. The van der Waals surface area contributed by atoms with Gasteiger partial charge in [0, 0.05) is 47.8 Å². The first kappa shape index (κ1) is 51.1. The van der Waals surface area contributed by atoms with E-state index in [1.165, 1.54) is 18.0 Å². The molecular weight excluding hydrogens is 878 g/mol. The predicted molar refractivity (Wildman–Crippen MR) is 243 cm³/mol. The first-order valence-corrected chi connectivity index (χ1v) is 22.2. The number of nitrogens with one attached hydrogen (secondary N) is 2. The largest absolute Gasteiger partial charge is 0.490 e. The molecule has 2 amide bonds. The quantitative estimate of drug-likeness (QED) is 0.0305. The van der Waals surface area contributed by atoms with Crippen LogP contribution in [0, 0.1) is 22.7 Å². The average Bonchev–Trinajstić information content (AvgIpc) is 3.71. The molecule has 0 spiro atoms. The number of oxazole rings is 1. The van der Waals surface area contributed by atoms with Crippen LogP contribution >= 0.6 is 23.4 Å². The van der Waals surface area contributed by atoms with Gasteiger partial charge in [0.15, 0.2) is 6.10 Å². The number of carbonyl (C=O) groups excluding carboxylic acids is 4. The Labute approximate surface area is 387 Å². The molecule has 346 valence electrons. The number of pyridine rings is 1. The van der Waals surface area contributed by atoms with Crippen molar-refractivity contribution in [2.24, 2.45) is 0 Å². The van der Waals surface area contributed by atoms with Crippen molar-refractivity contribution in [2.45, 2.75) is 108 Å². The third kappa shape index (κ3) is 17.9. The molecule has 17 nitrogen and oxygen atoms in total. The van der Waals surface area contributed by atoms with Gasteiger partial charge in [0.25, 0.3) is 0 Å². The summed E-state index contributed by atoms with van der Waals surface area (Å²) < 4.78 is 33.2. The van der Waals surface area contributed by atoms with Gasteiger partial charge in [0.2, 0.25) is 5.89 Å². The fraction of sp³-hybridized carbons (Fsp3) is 0.435. The molecule has 1 atom stereocenters. The standard InChI is InChI=1S/C46H54ClN7O10S/c1-45(2,3)63-43(57)51-21-9-7-11-37(55)60-27-34(62-38(56)12-8-10-22-52-44(58)64-46(4,5)6)26-59-33-19-15-29(16-20-33)39-35(23-48)40(50)54-42(36(39)24-49)65-28-32-25-61-41(53-32)30-13-17-31(47)18-14-30/h13-20,25,34H,7-12,21-22,26-28H2,1-6H3,(H2,50,54)(H,51,57)(H,52,58)/t34-/m0/s1. The van der Waals surface area contributed by atoms with E-state index in [1.807, 2.05) is 0 Å². The summed E-state index contributed by atoms with van der Waals surface area (Å²) in [6.45, 7) is 10.7. The molecule has 2 aromatic heterocycles. The maximum atomic E-state index is 12.9. The van der Waals surface area contributed by atoms with Crippen molar-refractivity contribution in [3.8, 4) is 40.5 Å². The van der Waals surface area contributed by atoms with Crippen molar-refractivity contribution in [3.05, 3.63) is 76.6 Å². The summed E-state index contributed by atoms with van der Waals surface area (Å²) in [4.78, 5) is 58.3.